The van der Waals surface area contributed by atoms with Crippen LogP contribution in [0, 0.1) is 6.92 Å². The maximum Gasteiger partial charge on any atom is 0.410 e. The molecule has 1 aromatic heterocycles. The molecule has 1 saturated heterocycles. The van der Waals surface area contributed by atoms with E-state index in [1.165, 1.54) is 0 Å². The van der Waals surface area contributed by atoms with Gasteiger partial charge in [-0.15, -0.1) is 0 Å². The van der Waals surface area contributed by atoms with Crippen LogP contribution in [0.4, 0.5) is 9.59 Å². The van der Waals surface area contributed by atoms with Crippen LogP contribution in [0.15, 0.2) is 12.4 Å². The Morgan fingerprint density at radius 3 is 2.23 bits per heavy atom. The van der Waals surface area contributed by atoms with Crippen molar-refractivity contribution in [1.29, 1.82) is 0 Å². The zero-order valence-corrected chi connectivity index (χ0v) is 16.7. The third-order valence-corrected chi connectivity index (χ3v) is 3.71. The molecule has 0 saturated carbocycles. The van der Waals surface area contributed by atoms with Crippen LogP contribution in [-0.4, -0.2) is 57.2 Å². The number of aromatic nitrogens is 2. The van der Waals surface area contributed by atoms with Crippen molar-refractivity contribution in [2.45, 2.75) is 71.8 Å². The fourth-order valence-electron chi connectivity index (χ4n) is 2.75. The summed E-state index contributed by atoms with van der Waals surface area (Å²) in [6, 6.07) is -0.514. The molecule has 2 heterocycles. The van der Waals surface area contributed by atoms with Gasteiger partial charge in [-0.1, -0.05) is 0 Å². The standard InChI is InChI=1S/C18H30N4O4/c1-12-8-19-22(9-12)14-11-21(16(24)26-18(5,6)7)10-13(14)20-15(23)25-17(2,3)4/h8-9,13-14H,10-11H2,1-7H3,(H,20,23). The smallest absolute Gasteiger partial charge is 0.410 e. The summed E-state index contributed by atoms with van der Waals surface area (Å²) in [7, 11) is 0. The second-order valence-corrected chi connectivity index (χ2v) is 8.70. The van der Waals surface area contributed by atoms with E-state index in [4.69, 9.17) is 9.47 Å². The Hall–Kier alpha value is -2.25. The van der Waals surface area contributed by atoms with Gasteiger partial charge in [0.1, 0.15) is 11.2 Å². The van der Waals surface area contributed by atoms with Gasteiger partial charge < -0.3 is 19.7 Å². The van der Waals surface area contributed by atoms with Crippen LogP contribution in [-0.2, 0) is 9.47 Å². The van der Waals surface area contributed by atoms with Gasteiger partial charge in [0.15, 0.2) is 0 Å². The molecule has 1 aromatic rings. The minimum absolute atomic E-state index is 0.191. The van der Waals surface area contributed by atoms with E-state index in [9.17, 15) is 9.59 Å². The number of carbonyl (C=O) groups excluding carboxylic acids is 2. The van der Waals surface area contributed by atoms with Crippen molar-refractivity contribution >= 4 is 12.2 Å². The zero-order valence-electron chi connectivity index (χ0n) is 16.7. The van der Waals surface area contributed by atoms with E-state index in [-0.39, 0.29) is 12.1 Å². The van der Waals surface area contributed by atoms with Gasteiger partial charge in [-0.25, -0.2) is 9.59 Å². The average molecular weight is 366 g/mol. The summed E-state index contributed by atoms with van der Waals surface area (Å²) in [5.41, 5.74) is -0.159. The number of alkyl carbamates (subject to hydrolysis) is 1. The lowest BCUT2D eigenvalue weighted by Crippen LogP contribution is -2.44. The van der Waals surface area contributed by atoms with E-state index in [2.05, 4.69) is 10.4 Å². The van der Waals surface area contributed by atoms with Crippen LogP contribution in [0.2, 0.25) is 0 Å². The number of rotatable bonds is 2. The summed E-state index contributed by atoms with van der Waals surface area (Å²) in [6.07, 6.45) is 2.73. The number of nitrogens with one attached hydrogen (secondary N) is 1. The van der Waals surface area contributed by atoms with Crippen LogP contribution in [0.3, 0.4) is 0 Å². The lowest BCUT2D eigenvalue weighted by molar-refractivity contribution is 0.0279. The molecule has 2 unspecified atom stereocenters. The lowest BCUT2D eigenvalue weighted by Gasteiger charge is -2.24. The van der Waals surface area contributed by atoms with E-state index in [0.29, 0.717) is 13.1 Å². The second-order valence-electron chi connectivity index (χ2n) is 8.70. The summed E-state index contributed by atoms with van der Waals surface area (Å²) < 4.78 is 12.6. The summed E-state index contributed by atoms with van der Waals surface area (Å²) in [4.78, 5) is 26.2. The fraction of sp³-hybridized carbons (Fsp3) is 0.722. The number of ether oxygens (including phenoxy) is 2. The van der Waals surface area contributed by atoms with Crippen LogP contribution >= 0.6 is 0 Å². The van der Waals surface area contributed by atoms with E-state index < -0.39 is 23.4 Å². The monoisotopic (exact) mass is 366 g/mol. The lowest BCUT2D eigenvalue weighted by atomic mass is 10.2. The number of aryl methyl sites for hydroxylation is 1. The number of amides is 2. The first-order valence-corrected chi connectivity index (χ1v) is 8.82. The molecule has 26 heavy (non-hydrogen) atoms. The summed E-state index contributed by atoms with van der Waals surface area (Å²) in [6.45, 7) is 13.6. The van der Waals surface area contributed by atoms with Gasteiger partial charge in [-0.05, 0) is 54.0 Å². The molecule has 1 aliphatic heterocycles. The Bertz CT molecular complexity index is 657. The predicted molar refractivity (Wildman–Crippen MR) is 97.0 cm³/mol. The summed E-state index contributed by atoms with van der Waals surface area (Å²) >= 11 is 0. The Morgan fingerprint density at radius 1 is 1.12 bits per heavy atom. The molecule has 0 aliphatic carbocycles. The molecule has 2 atom stereocenters. The van der Waals surface area contributed by atoms with Gasteiger partial charge >= 0.3 is 12.2 Å². The number of hydrogen-bond donors (Lipinski definition) is 1. The van der Waals surface area contributed by atoms with Crippen molar-refractivity contribution in [2.24, 2.45) is 0 Å². The molecular formula is C18H30N4O4. The number of likely N-dealkylation sites (tertiary alicyclic amines) is 1. The first-order valence-electron chi connectivity index (χ1n) is 8.82. The first-order chi connectivity index (χ1) is 11.8. The molecule has 1 aliphatic rings. The molecule has 0 bridgehead atoms. The van der Waals surface area contributed by atoms with Crippen LogP contribution in [0.5, 0.6) is 0 Å². The van der Waals surface area contributed by atoms with Crippen molar-refractivity contribution in [3.8, 4) is 0 Å². The SMILES string of the molecule is Cc1cnn(C2CN(C(=O)OC(C)(C)C)CC2NC(=O)OC(C)(C)C)c1. The molecular weight excluding hydrogens is 336 g/mol. The molecule has 0 spiro atoms. The highest BCUT2D eigenvalue weighted by Crippen LogP contribution is 2.24. The van der Waals surface area contributed by atoms with Gasteiger partial charge in [0.2, 0.25) is 0 Å². The maximum absolute atomic E-state index is 12.4. The Labute approximate surface area is 154 Å². The molecule has 8 heteroatoms. The summed E-state index contributed by atoms with van der Waals surface area (Å²) in [5.74, 6) is 0. The van der Waals surface area contributed by atoms with E-state index in [0.717, 1.165) is 5.56 Å². The predicted octanol–water partition coefficient (Wildman–Crippen LogP) is 2.88. The second kappa shape index (κ2) is 7.17. The third-order valence-electron chi connectivity index (χ3n) is 3.71. The summed E-state index contributed by atoms with van der Waals surface area (Å²) in [5, 5.41) is 7.21. The number of nitrogens with zero attached hydrogens (tertiary/aromatic N) is 3. The van der Waals surface area contributed by atoms with E-state index in [1.54, 1.807) is 15.8 Å². The highest BCUT2D eigenvalue weighted by atomic mass is 16.6. The molecule has 0 aromatic carbocycles. The van der Waals surface area contributed by atoms with Crippen molar-refractivity contribution < 1.29 is 19.1 Å². The van der Waals surface area contributed by atoms with Gasteiger partial charge in [0.05, 0.1) is 18.3 Å². The molecule has 2 rings (SSSR count). The normalized spacial score (nSPS) is 20.8. The van der Waals surface area contributed by atoms with Crippen molar-refractivity contribution in [3.63, 3.8) is 0 Å². The molecule has 2 amide bonds. The van der Waals surface area contributed by atoms with Crippen molar-refractivity contribution in [1.82, 2.24) is 20.0 Å². The van der Waals surface area contributed by atoms with Crippen LogP contribution < -0.4 is 5.32 Å². The van der Waals surface area contributed by atoms with Crippen molar-refractivity contribution in [3.05, 3.63) is 18.0 Å². The van der Waals surface area contributed by atoms with Crippen LogP contribution in [0.1, 0.15) is 53.1 Å². The molecule has 1 fully saturated rings. The van der Waals surface area contributed by atoms with Gasteiger partial charge in [0.25, 0.3) is 0 Å². The van der Waals surface area contributed by atoms with Crippen molar-refractivity contribution in [2.75, 3.05) is 13.1 Å². The molecule has 8 nitrogen and oxygen atoms in total. The molecule has 1 N–H and O–H groups in total. The van der Waals surface area contributed by atoms with E-state index in [1.807, 2.05) is 54.7 Å². The van der Waals surface area contributed by atoms with Gasteiger partial charge in [-0.2, -0.15) is 5.10 Å². The largest absolute Gasteiger partial charge is 0.444 e. The molecule has 0 radical (unpaired) electrons. The zero-order chi connectivity index (χ0) is 19.7. The van der Waals surface area contributed by atoms with E-state index >= 15 is 0 Å². The number of hydrogen-bond acceptors (Lipinski definition) is 5. The highest BCUT2D eigenvalue weighted by molar-refractivity contribution is 5.70. The Morgan fingerprint density at radius 2 is 1.73 bits per heavy atom. The van der Waals surface area contributed by atoms with Gasteiger partial charge in [0, 0.05) is 19.3 Å². The minimum Gasteiger partial charge on any atom is -0.444 e. The Balaban J connectivity index is 2.14. The van der Waals surface area contributed by atoms with Gasteiger partial charge in [-0.3, -0.25) is 4.68 Å². The topological polar surface area (TPSA) is 85.7 Å². The third kappa shape index (κ3) is 5.64. The Kier molecular flexibility index (Phi) is 5.53. The maximum atomic E-state index is 12.4. The van der Waals surface area contributed by atoms with Crippen LogP contribution in [0.25, 0.3) is 0 Å². The molecule has 146 valence electrons. The highest BCUT2D eigenvalue weighted by Gasteiger charge is 2.40. The fourth-order valence-corrected chi connectivity index (χ4v) is 2.75. The first kappa shape index (κ1) is 20.1. The number of carbonyl (C=O) groups is 2. The quantitative estimate of drug-likeness (QED) is 0.870. The minimum atomic E-state index is -0.592. The average Bonchev–Trinajstić information content (AvgIpc) is 3.00.